The third-order valence-electron chi connectivity index (χ3n) is 3.96. The van der Waals surface area contributed by atoms with E-state index in [0.29, 0.717) is 23.4 Å². The maximum absolute atomic E-state index is 12.6. The lowest BCUT2D eigenvalue weighted by atomic mass is 10.0. The van der Waals surface area contributed by atoms with E-state index in [0.717, 1.165) is 13.1 Å². The van der Waals surface area contributed by atoms with Gasteiger partial charge in [0.2, 0.25) is 0 Å². The number of rotatable bonds is 9. The number of ether oxygens (including phenoxy) is 1. The van der Waals surface area contributed by atoms with Crippen molar-refractivity contribution in [2.75, 3.05) is 26.2 Å². The number of likely N-dealkylation sites (N-methyl/N-ethyl adjacent to an activating group) is 1. The second-order valence-electron chi connectivity index (χ2n) is 5.64. The normalized spacial score (nSPS) is 12.2. The first-order valence-electron chi connectivity index (χ1n) is 8.37. The Kier molecular flexibility index (Phi) is 6.97. The number of aliphatic hydroxyl groups is 1. The van der Waals surface area contributed by atoms with E-state index in [1.54, 1.807) is 24.3 Å². The van der Waals surface area contributed by atoms with Crippen LogP contribution in [0.4, 0.5) is 0 Å². The molecule has 0 fully saturated rings. The van der Waals surface area contributed by atoms with Crippen molar-refractivity contribution in [2.45, 2.75) is 20.0 Å². The van der Waals surface area contributed by atoms with Gasteiger partial charge in [0.05, 0.1) is 5.56 Å². The van der Waals surface area contributed by atoms with Crippen molar-refractivity contribution in [1.82, 2.24) is 4.90 Å². The molecule has 2 aromatic carbocycles. The van der Waals surface area contributed by atoms with E-state index in [4.69, 9.17) is 4.74 Å². The van der Waals surface area contributed by atoms with Crippen LogP contribution in [0.15, 0.2) is 54.6 Å². The molecule has 1 atom stereocenters. The van der Waals surface area contributed by atoms with E-state index < -0.39 is 6.10 Å². The highest BCUT2D eigenvalue weighted by atomic mass is 16.5. The van der Waals surface area contributed by atoms with Gasteiger partial charge in [0.1, 0.15) is 18.5 Å². The zero-order valence-electron chi connectivity index (χ0n) is 14.3. The first-order chi connectivity index (χ1) is 11.7. The molecule has 0 saturated carbocycles. The highest BCUT2D eigenvalue weighted by Crippen LogP contribution is 2.21. The van der Waals surface area contributed by atoms with Crippen LogP contribution >= 0.6 is 0 Å². The Balaban J connectivity index is 2.05. The molecule has 128 valence electrons. The van der Waals surface area contributed by atoms with E-state index in [-0.39, 0.29) is 12.4 Å². The Morgan fingerprint density at radius 2 is 1.67 bits per heavy atom. The summed E-state index contributed by atoms with van der Waals surface area (Å²) >= 11 is 0. The van der Waals surface area contributed by atoms with Gasteiger partial charge in [-0.15, -0.1) is 0 Å². The summed E-state index contributed by atoms with van der Waals surface area (Å²) in [5.74, 6) is 0.425. The lowest BCUT2D eigenvalue weighted by molar-refractivity contribution is 0.0709. The second kappa shape index (κ2) is 9.21. The van der Waals surface area contributed by atoms with Gasteiger partial charge in [-0.3, -0.25) is 4.79 Å². The Morgan fingerprint density at radius 1 is 1.04 bits per heavy atom. The van der Waals surface area contributed by atoms with Gasteiger partial charge in [-0.1, -0.05) is 56.3 Å². The average Bonchev–Trinajstić information content (AvgIpc) is 2.64. The topological polar surface area (TPSA) is 49.8 Å². The SMILES string of the molecule is CCN(CC)C[C@H](O)COc1ccccc1C(=O)c1ccccc1. The van der Waals surface area contributed by atoms with Gasteiger partial charge >= 0.3 is 0 Å². The highest BCUT2D eigenvalue weighted by molar-refractivity contribution is 6.10. The lowest BCUT2D eigenvalue weighted by Gasteiger charge is -2.22. The van der Waals surface area contributed by atoms with Crippen molar-refractivity contribution in [2.24, 2.45) is 0 Å². The molecule has 0 aliphatic heterocycles. The van der Waals surface area contributed by atoms with Gasteiger partial charge in [0.15, 0.2) is 5.78 Å². The quantitative estimate of drug-likeness (QED) is 0.719. The number of para-hydroxylation sites is 1. The van der Waals surface area contributed by atoms with Crippen LogP contribution in [0.2, 0.25) is 0 Å². The molecule has 4 nitrogen and oxygen atoms in total. The van der Waals surface area contributed by atoms with Gasteiger partial charge < -0.3 is 14.7 Å². The van der Waals surface area contributed by atoms with Crippen molar-refractivity contribution in [1.29, 1.82) is 0 Å². The number of ketones is 1. The molecule has 4 heteroatoms. The number of hydrogen-bond donors (Lipinski definition) is 1. The summed E-state index contributed by atoms with van der Waals surface area (Å²) in [6, 6.07) is 16.3. The Labute approximate surface area is 143 Å². The summed E-state index contributed by atoms with van der Waals surface area (Å²) in [4.78, 5) is 14.8. The Bertz CT molecular complexity index is 638. The number of aliphatic hydroxyl groups excluding tert-OH is 1. The van der Waals surface area contributed by atoms with Crippen LogP contribution in [-0.4, -0.2) is 48.1 Å². The maximum Gasteiger partial charge on any atom is 0.196 e. The molecule has 0 amide bonds. The largest absolute Gasteiger partial charge is 0.490 e. The highest BCUT2D eigenvalue weighted by Gasteiger charge is 2.16. The Hall–Kier alpha value is -2.17. The van der Waals surface area contributed by atoms with Gasteiger partial charge in [-0.2, -0.15) is 0 Å². The van der Waals surface area contributed by atoms with E-state index >= 15 is 0 Å². The minimum atomic E-state index is -0.593. The van der Waals surface area contributed by atoms with Crippen molar-refractivity contribution < 1.29 is 14.6 Å². The molecule has 1 N–H and O–H groups in total. The van der Waals surface area contributed by atoms with E-state index in [9.17, 15) is 9.90 Å². The molecule has 0 bridgehead atoms. The van der Waals surface area contributed by atoms with Crippen molar-refractivity contribution in [3.05, 3.63) is 65.7 Å². The third-order valence-corrected chi connectivity index (χ3v) is 3.96. The number of carbonyl (C=O) groups excluding carboxylic acids is 1. The minimum Gasteiger partial charge on any atom is -0.490 e. The summed E-state index contributed by atoms with van der Waals surface area (Å²) in [5.41, 5.74) is 1.14. The number of carbonyl (C=O) groups is 1. The first kappa shape index (κ1) is 18.2. The van der Waals surface area contributed by atoms with Gasteiger partial charge in [-0.25, -0.2) is 0 Å². The van der Waals surface area contributed by atoms with E-state index in [1.165, 1.54) is 0 Å². The van der Waals surface area contributed by atoms with Crippen LogP contribution in [0, 0.1) is 0 Å². The van der Waals surface area contributed by atoms with Gasteiger partial charge in [-0.05, 0) is 25.2 Å². The fourth-order valence-electron chi connectivity index (χ4n) is 2.54. The smallest absolute Gasteiger partial charge is 0.196 e. The molecule has 0 aliphatic rings. The second-order valence-corrected chi connectivity index (χ2v) is 5.64. The van der Waals surface area contributed by atoms with Crippen LogP contribution in [0.5, 0.6) is 5.75 Å². The van der Waals surface area contributed by atoms with Crippen LogP contribution in [0.1, 0.15) is 29.8 Å². The molecule has 0 saturated heterocycles. The molecule has 0 radical (unpaired) electrons. The summed E-state index contributed by atoms with van der Waals surface area (Å²) in [5, 5.41) is 10.1. The van der Waals surface area contributed by atoms with Crippen LogP contribution in [0.25, 0.3) is 0 Å². The van der Waals surface area contributed by atoms with Crippen LogP contribution in [0.3, 0.4) is 0 Å². The molecule has 0 unspecified atom stereocenters. The fraction of sp³-hybridized carbons (Fsp3) is 0.350. The van der Waals surface area contributed by atoms with Crippen molar-refractivity contribution in [3.63, 3.8) is 0 Å². The molecule has 0 spiro atoms. The summed E-state index contributed by atoms with van der Waals surface area (Å²) < 4.78 is 5.73. The Morgan fingerprint density at radius 3 is 2.33 bits per heavy atom. The molecular weight excluding hydrogens is 302 g/mol. The average molecular weight is 327 g/mol. The van der Waals surface area contributed by atoms with Crippen LogP contribution in [-0.2, 0) is 0 Å². The molecular formula is C20H25NO3. The van der Waals surface area contributed by atoms with E-state index in [1.807, 2.05) is 30.3 Å². The summed E-state index contributed by atoms with van der Waals surface area (Å²) in [7, 11) is 0. The minimum absolute atomic E-state index is 0.0792. The fourth-order valence-corrected chi connectivity index (χ4v) is 2.54. The number of hydrogen-bond acceptors (Lipinski definition) is 4. The summed E-state index contributed by atoms with van der Waals surface area (Å²) in [6.07, 6.45) is -0.593. The molecule has 0 aromatic heterocycles. The molecule has 0 aliphatic carbocycles. The van der Waals surface area contributed by atoms with Crippen LogP contribution < -0.4 is 4.74 Å². The van der Waals surface area contributed by atoms with Crippen molar-refractivity contribution in [3.8, 4) is 5.75 Å². The van der Waals surface area contributed by atoms with Crippen molar-refractivity contribution >= 4 is 5.78 Å². The third kappa shape index (κ3) is 4.91. The lowest BCUT2D eigenvalue weighted by Crippen LogP contribution is -2.35. The predicted molar refractivity (Wildman–Crippen MR) is 95.6 cm³/mol. The summed E-state index contributed by atoms with van der Waals surface area (Å²) in [6.45, 7) is 6.61. The number of nitrogens with zero attached hydrogens (tertiary/aromatic N) is 1. The monoisotopic (exact) mass is 327 g/mol. The molecule has 0 heterocycles. The van der Waals surface area contributed by atoms with Gasteiger partial charge in [0.25, 0.3) is 0 Å². The van der Waals surface area contributed by atoms with E-state index in [2.05, 4.69) is 18.7 Å². The standard InChI is InChI=1S/C20H25NO3/c1-3-21(4-2)14-17(22)15-24-19-13-9-8-12-18(19)20(23)16-10-6-5-7-11-16/h5-13,17,22H,3-4,14-15H2,1-2H3/t17-/m0/s1. The van der Waals surface area contributed by atoms with Gasteiger partial charge in [0, 0.05) is 12.1 Å². The molecule has 2 rings (SSSR count). The zero-order chi connectivity index (χ0) is 17.4. The zero-order valence-corrected chi connectivity index (χ0v) is 14.3. The molecule has 2 aromatic rings. The number of benzene rings is 2. The molecule has 24 heavy (non-hydrogen) atoms. The predicted octanol–water partition coefficient (Wildman–Crippen LogP) is 3.00. The first-order valence-corrected chi connectivity index (χ1v) is 8.37. The maximum atomic E-state index is 12.6.